The highest BCUT2D eigenvalue weighted by atomic mass is 35.5. The second kappa shape index (κ2) is 10.3. The number of hydroxylamine groups is 2. The van der Waals surface area contributed by atoms with Crippen LogP contribution in [0.5, 0.6) is 5.75 Å². The van der Waals surface area contributed by atoms with Gasteiger partial charge in [-0.1, -0.05) is 29.8 Å². The number of piperidine rings is 1. The van der Waals surface area contributed by atoms with Gasteiger partial charge in [0.25, 0.3) is 5.91 Å². The van der Waals surface area contributed by atoms with Crippen LogP contribution in [0.3, 0.4) is 0 Å². The lowest BCUT2D eigenvalue weighted by Gasteiger charge is -2.44. The molecule has 2 aromatic rings. The molecule has 1 spiro atoms. The SMILES string of the molecule is CCOC(=O)OC1=C(c2c(C)cc(Cl)cc2OC)C(=O)N(c2ccccc2)C12CCN(OC)CC2. The molecule has 186 valence electrons. The van der Waals surface area contributed by atoms with E-state index in [1.165, 1.54) is 7.11 Å². The first-order valence-electron chi connectivity index (χ1n) is 11.5. The van der Waals surface area contributed by atoms with Crippen LogP contribution >= 0.6 is 11.6 Å². The molecule has 1 fully saturated rings. The van der Waals surface area contributed by atoms with E-state index in [1.54, 1.807) is 31.1 Å². The first-order valence-corrected chi connectivity index (χ1v) is 11.9. The fourth-order valence-electron chi connectivity index (χ4n) is 4.96. The van der Waals surface area contributed by atoms with E-state index in [9.17, 15) is 9.59 Å². The Labute approximate surface area is 209 Å². The minimum atomic E-state index is -0.924. The van der Waals surface area contributed by atoms with Crippen molar-refractivity contribution in [1.29, 1.82) is 0 Å². The predicted molar refractivity (Wildman–Crippen MR) is 132 cm³/mol. The van der Waals surface area contributed by atoms with E-state index in [0.717, 1.165) is 5.56 Å². The van der Waals surface area contributed by atoms with Crippen molar-refractivity contribution >= 4 is 34.9 Å². The minimum absolute atomic E-state index is 0.144. The van der Waals surface area contributed by atoms with Crippen LogP contribution in [0, 0.1) is 6.92 Å². The number of hydrogen-bond acceptors (Lipinski definition) is 7. The van der Waals surface area contributed by atoms with Gasteiger partial charge in [0.05, 0.1) is 26.4 Å². The van der Waals surface area contributed by atoms with Crippen molar-refractivity contribution in [1.82, 2.24) is 5.06 Å². The number of nitrogens with zero attached hydrogens (tertiary/aromatic N) is 2. The molecule has 2 aliphatic rings. The highest BCUT2D eigenvalue weighted by Gasteiger charge is 2.56. The molecule has 0 N–H and O–H groups in total. The van der Waals surface area contributed by atoms with E-state index in [4.69, 9.17) is 30.6 Å². The van der Waals surface area contributed by atoms with Gasteiger partial charge >= 0.3 is 6.16 Å². The molecular weight excluding hydrogens is 472 g/mol. The summed E-state index contributed by atoms with van der Waals surface area (Å²) in [4.78, 5) is 34.1. The molecule has 2 heterocycles. The predicted octanol–water partition coefficient (Wildman–Crippen LogP) is 4.98. The molecule has 0 radical (unpaired) electrons. The minimum Gasteiger partial charge on any atom is -0.496 e. The number of aryl methyl sites for hydroxylation is 1. The normalized spacial score (nSPS) is 17.7. The molecular formula is C26H29ClN2O6. The molecule has 35 heavy (non-hydrogen) atoms. The standard InChI is InChI=1S/C26H29ClN2O6/c1-5-34-25(31)35-23-22(21-17(2)15-18(27)16-20(21)32-3)24(30)29(19-9-7-6-8-10-19)26(23)11-13-28(33-4)14-12-26/h6-10,15-16H,5,11-14H2,1-4H3. The molecule has 0 aliphatic carbocycles. The second-order valence-corrected chi connectivity index (χ2v) is 8.84. The first-order chi connectivity index (χ1) is 16.9. The van der Waals surface area contributed by atoms with E-state index in [1.807, 2.05) is 42.3 Å². The lowest BCUT2D eigenvalue weighted by Crippen LogP contribution is -2.55. The van der Waals surface area contributed by atoms with Crippen molar-refractivity contribution < 1.29 is 28.6 Å². The van der Waals surface area contributed by atoms with Crippen LogP contribution in [0.2, 0.25) is 5.02 Å². The van der Waals surface area contributed by atoms with E-state index in [0.29, 0.717) is 48.0 Å². The Morgan fingerprint density at radius 2 is 1.80 bits per heavy atom. The number of para-hydroxylation sites is 1. The third-order valence-corrected chi connectivity index (χ3v) is 6.72. The van der Waals surface area contributed by atoms with Crippen LogP contribution in [-0.4, -0.2) is 56.6 Å². The number of benzene rings is 2. The second-order valence-electron chi connectivity index (χ2n) is 8.41. The van der Waals surface area contributed by atoms with Crippen molar-refractivity contribution in [3.8, 4) is 5.75 Å². The highest BCUT2D eigenvalue weighted by Crippen LogP contribution is 2.51. The van der Waals surface area contributed by atoms with Gasteiger partial charge in [0.15, 0.2) is 5.76 Å². The van der Waals surface area contributed by atoms with Crippen LogP contribution in [0.25, 0.3) is 5.57 Å². The van der Waals surface area contributed by atoms with Crippen molar-refractivity contribution in [2.45, 2.75) is 32.2 Å². The Morgan fingerprint density at radius 3 is 2.40 bits per heavy atom. The van der Waals surface area contributed by atoms with Crippen LogP contribution in [-0.2, 0) is 19.1 Å². The Kier molecular flexibility index (Phi) is 7.35. The zero-order chi connectivity index (χ0) is 25.2. The van der Waals surface area contributed by atoms with Crippen molar-refractivity contribution in [2.75, 3.05) is 38.8 Å². The number of halogens is 1. The van der Waals surface area contributed by atoms with Gasteiger partial charge in [0.2, 0.25) is 0 Å². The summed E-state index contributed by atoms with van der Waals surface area (Å²) in [5, 5.41) is 2.30. The number of anilines is 1. The quantitative estimate of drug-likeness (QED) is 0.517. The summed E-state index contributed by atoms with van der Waals surface area (Å²) in [6.45, 7) is 4.76. The highest BCUT2D eigenvalue weighted by molar-refractivity contribution is 6.33. The number of ether oxygens (including phenoxy) is 3. The van der Waals surface area contributed by atoms with Crippen molar-refractivity contribution in [3.05, 3.63) is 64.4 Å². The number of carbonyl (C=O) groups is 2. The lowest BCUT2D eigenvalue weighted by atomic mass is 9.84. The average molecular weight is 501 g/mol. The Hall–Kier alpha value is -3.07. The fourth-order valence-corrected chi connectivity index (χ4v) is 5.22. The molecule has 0 saturated carbocycles. The number of methoxy groups -OCH3 is 1. The Bertz CT molecular complexity index is 1140. The molecule has 0 atom stereocenters. The van der Waals surface area contributed by atoms with Gasteiger partial charge in [-0.25, -0.2) is 4.79 Å². The fraction of sp³-hybridized carbons (Fsp3) is 0.385. The van der Waals surface area contributed by atoms with Gasteiger partial charge in [-0.15, -0.1) is 0 Å². The maximum Gasteiger partial charge on any atom is 0.513 e. The van der Waals surface area contributed by atoms with Gasteiger partial charge in [0.1, 0.15) is 11.3 Å². The zero-order valence-corrected chi connectivity index (χ0v) is 21.1. The smallest absolute Gasteiger partial charge is 0.496 e. The number of amides is 1. The van der Waals surface area contributed by atoms with Crippen molar-refractivity contribution in [2.24, 2.45) is 0 Å². The summed E-state index contributed by atoms with van der Waals surface area (Å²) in [5.41, 5.74) is 1.30. The molecule has 4 rings (SSSR count). The molecule has 1 saturated heterocycles. The lowest BCUT2D eigenvalue weighted by molar-refractivity contribution is -0.150. The van der Waals surface area contributed by atoms with Crippen molar-refractivity contribution in [3.63, 3.8) is 0 Å². The Balaban J connectivity index is 1.99. The molecule has 0 aromatic heterocycles. The zero-order valence-electron chi connectivity index (χ0n) is 20.3. The molecule has 0 unspecified atom stereocenters. The molecule has 9 heteroatoms. The van der Waals surface area contributed by atoms with Gasteiger partial charge < -0.3 is 19.0 Å². The third-order valence-electron chi connectivity index (χ3n) is 6.50. The summed E-state index contributed by atoms with van der Waals surface area (Å²) in [5.74, 6) is 0.386. The summed E-state index contributed by atoms with van der Waals surface area (Å²) in [6.07, 6.45) is 0.102. The Morgan fingerprint density at radius 1 is 1.11 bits per heavy atom. The summed E-state index contributed by atoms with van der Waals surface area (Å²) in [6, 6.07) is 12.8. The molecule has 8 nitrogen and oxygen atoms in total. The van der Waals surface area contributed by atoms with E-state index in [2.05, 4.69) is 0 Å². The van der Waals surface area contributed by atoms with Gasteiger partial charge in [0, 0.05) is 29.4 Å². The van der Waals surface area contributed by atoms with Gasteiger partial charge in [-0.3, -0.25) is 9.69 Å². The van der Waals surface area contributed by atoms with Crippen LogP contribution in [0.4, 0.5) is 10.5 Å². The van der Waals surface area contributed by atoms with Gasteiger partial charge in [-0.2, -0.15) is 5.06 Å². The third kappa shape index (κ3) is 4.49. The molecule has 2 aromatic carbocycles. The number of hydrogen-bond donors (Lipinski definition) is 0. The largest absolute Gasteiger partial charge is 0.513 e. The monoisotopic (exact) mass is 500 g/mol. The van der Waals surface area contributed by atoms with E-state index >= 15 is 0 Å². The topological polar surface area (TPSA) is 77.5 Å². The van der Waals surface area contributed by atoms with Crippen LogP contribution < -0.4 is 9.64 Å². The summed E-state index contributed by atoms with van der Waals surface area (Å²) in [7, 11) is 3.13. The molecule has 0 bridgehead atoms. The van der Waals surface area contributed by atoms with E-state index in [-0.39, 0.29) is 23.8 Å². The van der Waals surface area contributed by atoms with E-state index < -0.39 is 11.7 Å². The number of rotatable bonds is 6. The average Bonchev–Trinajstić information content (AvgIpc) is 3.06. The number of carbonyl (C=O) groups excluding carboxylic acids is 2. The van der Waals surface area contributed by atoms with Crippen LogP contribution in [0.15, 0.2) is 48.2 Å². The van der Waals surface area contributed by atoms with Crippen LogP contribution in [0.1, 0.15) is 30.9 Å². The maximum absolute atomic E-state index is 14.3. The summed E-state index contributed by atoms with van der Waals surface area (Å²) >= 11 is 6.29. The maximum atomic E-state index is 14.3. The summed E-state index contributed by atoms with van der Waals surface area (Å²) < 4.78 is 16.7. The van der Waals surface area contributed by atoms with Gasteiger partial charge in [-0.05, 0) is 56.5 Å². The molecule has 2 aliphatic heterocycles. The molecule has 1 amide bonds. The first kappa shape index (κ1) is 25.0.